The number of ketones is 1. The predicted octanol–water partition coefficient (Wildman–Crippen LogP) is 1.45. The van der Waals surface area contributed by atoms with Crippen LogP contribution in [-0.4, -0.2) is 113 Å². The van der Waals surface area contributed by atoms with E-state index < -0.39 is 24.0 Å². The molecule has 17 heteroatoms. The molecule has 298 valence electrons. The van der Waals surface area contributed by atoms with E-state index in [-0.39, 0.29) is 72.7 Å². The Morgan fingerprint density at radius 3 is 2.46 bits per heavy atom. The van der Waals surface area contributed by atoms with Gasteiger partial charge in [-0.1, -0.05) is 43.2 Å². The Kier molecular flexibility index (Phi) is 17.7. The number of Topliss-reactive ketones (excluding diaryl/α,β-unsaturated/α-hetero) is 1. The summed E-state index contributed by atoms with van der Waals surface area (Å²) in [4.78, 5) is 82.5. The molecule has 0 aromatic heterocycles. The minimum Gasteiger partial charge on any atom is -0.370 e. The maximum atomic E-state index is 14.0. The van der Waals surface area contributed by atoms with E-state index in [1.54, 1.807) is 0 Å². The average molecular weight is 790 g/mol. The van der Waals surface area contributed by atoms with E-state index >= 15 is 0 Å². The van der Waals surface area contributed by atoms with Crippen LogP contribution in [0.1, 0.15) is 82.6 Å². The Morgan fingerprint density at radius 2 is 1.70 bits per heavy atom. The summed E-state index contributed by atoms with van der Waals surface area (Å²) in [5, 5.41) is 15.0. The smallest absolute Gasteiger partial charge is 0.315 e. The first-order valence-electron chi connectivity index (χ1n) is 19.1. The number of nitrogens with one attached hydrogen (secondary N) is 5. The van der Waals surface area contributed by atoms with Crippen molar-refractivity contribution in [2.75, 3.05) is 31.3 Å². The summed E-state index contributed by atoms with van der Waals surface area (Å²) in [6.07, 6.45) is 7.44. The number of thioether (sulfide) groups is 1. The second-order valence-corrected chi connectivity index (χ2v) is 15.7. The normalized spacial score (nSPS) is 21.3. The standard InChI is InChI=1S/C37H56ClN9O6S/c38-22-29(48)25(13-9-19-42-36(39)40)44-34(51)28-14-10-20-47(28)35(52)26(21-24-11-3-1-4-12-24)43-32(50)17-5-2-8-18-41-31(49)16-7-6-15-30-33-27(23-54-30)45-37(53)46-33/h1,3-4,11-12,25-28,30,33H,2,5-10,13-23H2,(H,41,49)(H,43,50)(H,44,51)(H4,39,40,42)(H2,45,46,53)/t25-,26+,27-,28-,30-,33-/m0/s1. The van der Waals surface area contributed by atoms with Crippen molar-refractivity contribution in [3.63, 3.8) is 0 Å². The summed E-state index contributed by atoms with van der Waals surface area (Å²) in [5.41, 5.74) is 11.6. The molecular weight excluding hydrogens is 734 g/mol. The van der Waals surface area contributed by atoms with Crippen LogP contribution in [0.3, 0.4) is 0 Å². The Labute approximate surface area is 326 Å². The molecule has 0 bridgehead atoms. The molecule has 9 N–H and O–H groups in total. The Morgan fingerprint density at radius 1 is 0.944 bits per heavy atom. The highest BCUT2D eigenvalue weighted by atomic mass is 35.5. The number of amides is 6. The number of hydrogen-bond donors (Lipinski definition) is 7. The highest BCUT2D eigenvalue weighted by Crippen LogP contribution is 2.33. The summed E-state index contributed by atoms with van der Waals surface area (Å²) in [6, 6.07) is 7.16. The van der Waals surface area contributed by atoms with E-state index in [9.17, 15) is 28.8 Å². The van der Waals surface area contributed by atoms with Crippen molar-refractivity contribution in [1.29, 1.82) is 0 Å². The van der Waals surface area contributed by atoms with Gasteiger partial charge in [-0.05, 0) is 56.9 Å². The van der Waals surface area contributed by atoms with E-state index in [0.717, 1.165) is 43.4 Å². The molecule has 0 spiro atoms. The van der Waals surface area contributed by atoms with E-state index in [1.807, 2.05) is 42.1 Å². The SMILES string of the molecule is NC(N)=NCCC[C@H](NC(=O)[C@@H]1CCCN1C(=O)[C@@H](Cc1ccccc1)NC(=O)CCCCCNC(=O)CCCC[C@@H]1SC[C@@H]2NC(=O)N[C@@H]21)C(=O)CCl. The van der Waals surface area contributed by atoms with Gasteiger partial charge >= 0.3 is 6.03 Å². The number of halogens is 1. The lowest BCUT2D eigenvalue weighted by Crippen LogP contribution is -2.56. The summed E-state index contributed by atoms with van der Waals surface area (Å²) in [7, 11) is 0. The largest absolute Gasteiger partial charge is 0.370 e. The van der Waals surface area contributed by atoms with Crippen molar-refractivity contribution in [3.05, 3.63) is 35.9 Å². The summed E-state index contributed by atoms with van der Waals surface area (Å²) >= 11 is 7.70. The van der Waals surface area contributed by atoms with Crippen LogP contribution >= 0.6 is 23.4 Å². The number of benzene rings is 1. The molecule has 3 heterocycles. The zero-order chi connectivity index (χ0) is 38.9. The first-order valence-corrected chi connectivity index (χ1v) is 20.7. The maximum Gasteiger partial charge on any atom is 0.315 e. The van der Waals surface area contributed by atoms with Crippen LogP contribution in [0.5, 0.6) is 0 Å². The second-order valence-electron chi connectivity index (χ2n) is 14.1. The zero-order valence-corrected chi connectivity index (χ0v) is 32.4. The molecule has 0 saturated carbocycles. The van der Waals surface area contributed by atoms with Crippen LogP contribution in [0.2, 0.25) is 0 Å². The Balaban J connectivity index is 1.19. The molecule has 0 aliphatic carbocycles. The Hall–Kier alpha value is -4.05. The lowest BCUT2D eigenvalue weighted by atomic mass is 10.0. The zero-order valence-electron chi connectivity index (χ0n) is 30.9. The minimum absolute atomic E-state index is 0.0145. The van der Waals surface area contributed by atoms with E-state index in [2.05, 4.69) is 31.6 Å². The van der Waals surface area contributed by atoms with Crippen molar-refractivity contribution >= 4 is 64.8 Å². The van der Waals surface area contributed by atoms with Crippen molar-refractivity contribution in [1.82, 2.24) is 31.5 Å². The quantitative estimate of drug-likeness (QED) is 0.0279. The van der Waals surface area contributed by atoms with E-state index in [4.69, 9.17) is 23.1 Å². The number of alkyl halides is 1. The van der Waals surface area contributed by atoms with Crippen LogP contribution < -0.4 is 38.1 Å². The van der Waals surface area contributed by atoms with Gasteiger partial charge in [0.25, 0.3) is 0 Å². The number of fused-ring (bicyclic) bond motifs is 1. The number of aliphatic imine (C=N–C) groups is 1. The number of likely N-dealkylation sites (tertiary alicyclic amines) is 1. The van der Waals surface area contributed by atoms with Crippen molar-refractivity contribution in [2.45, 2.75) is 119 Å². The van der Waals surface area contributed by atoms with Crippen LogP contribution in [0.4, 0.5) is 4.79 Å². The molecule has 1 aromatic carbocycles. The van der Waals surface area contributed by atoms with Crippen LogP contribution in [-0.2, 0) is 30.4 Å². The highest BCUT2D eigenvalue weighted by Gasteiger charge is 2.42. The molecular formula is C37H56ClN9O6S. The third-order valence-electron chi connectivity index (χ3n) is 10.0. The third-order valence-corrected chi connectivity index (χ3v) is 11.8. The molecule has 4 rings (SSSR count). The topological polar surface area (TPSA) is 230 Å². The van der Waals surface area contributed by atoms with E-state index in [1.165, 1.54) is 4.90 Å². The predicted molar refractivity (Wildman–Crippen MR) is 210 cm³/mol. The average Bonchev–Trinajstić information content (AvgIpc) is 3.89. The van der Waals surface area contributed by atoms with Gasteiger partial charge in [0.15, 0.2) is 11.7 Å². The van der Waals surface area contributed by atoms with Crippen molar-refractivity contribution in [2.24, 2.45) is 16.5 Å². The number of hydrogen-bond acceptors (Lipinski definition) is 8. The van der Waals surface area contributed by atoms with Gasteiger partial charge in [0.05, 0.1) is 24.0 Å². The van der Waals surface area contributed by atoms with Gasteiger partial charge in [-0.25, -0.2) is 4.79 Å². The molecule has 3 aliphatic rings. The van der Waals surface area contributed by atoms with Crippen molar-refractivity contribution < 1.29 is 28.8 Å². The number of guanidine groups is 1. The lowest BCUT2D eigenvalue weighted by molar-refractivity contribution is -0.142. The molecule has 3 saturated heterocycles. The number of nitrogens with zero attached hydrogens (tertiary/aromatic N) is 2. The van der Waals surface area contributed by atoms with Gasteiger partial charge in [-0.15, -0.1) is 11.6 Å². The summed E-state index contributed by atoms with van der Waals surface area (Å²) in [6.45, 7) is 1.17. The number of urea groups is 1. The first kappa shape index (κ1) is 42.7. The van der Waals surface area contributed by atoms with Crippen LogP contribution in [0, 0.1) is 0 Å². The fraction of sp³-hybridized carbons (Fsp3) is 0.649. The van der Waals surface area contributed by atoms with Gasteiger partial charge < -0.3 is 43.0 Å². The second kappa shape index (κ2) is 22.4. The number of nitrogens with two attached hydrogens (primary N) is 2. The van der Waals surface area contributed by atoms with Gasteiger partial charge in [-0.2, -0.15) is 11.8 Å². The summed E-state index contributed by atoms with van der Waals surface area (Å²) < 4.78 is 0. The fourth-order valence-corrected chi connectivity index (χ4v) is 8.91. The number of carbonyl (C=O) groups excluding carboxylic acids is 6. The van der Waals surface area contributed by atoms with E-state index in [0.29, 0.717) is 57.0 Å². The first-order chi connectivity index (χ1) is 26.0. The third kappa shape index (κ3) is 13.7. The molecule has 1 aromatic rings. The monoisotopic (exact) mass is 789 g/mol. The Bertz CT molecular complexity index is 1470. The number of unbranched alkanes of at least 4 members (excludes halogenated alkanes) is 3. The minimum atomic E-state index is -0.880. The molecule has 3 fully saturated rings. The van der Waals surface area contributed by atoms with Gasteiger partial charge in [0.1, 0.15) is 12.1 Å². The lowest BCUT2D eigenvalue weighted by Gasteiger charge is -2.30. The molecule has 15 nitrogen and oxygen atoms in total. The number of carbonyl (C=O) groups is 6. The van der Waals surface area contributed by atoms with Gasteiger partial charge in [0, 0.05) is 49.9 Å². The molecule has 6 amide bonds. The molecule has 0 radical (unpaired) electrons. The summed E-state index contributed by atoms with van der Waals surface area (Å²) in [5.74, 6) is -0.795. The van der Waals surface area contributed by atoms with Crippen LogP contribution in [0.25, 0.3) is 0 Å². The highest BCUT2D eigenvalue weighted by molar-refractivity contribution is 8.00. The molecule has 0 unspecified atom stereocenters. The maximum absolute atomic E-state index is 14.0. The van der Waals surface area contributed by atoms with Crippen molar-refractivity contribution in [3.8, 4) is 0 Å². The molecule has 6 atom stereocenters. The fourth-order valence-electron chi connectivity index (χ4n) is 7.18. The van der Waals surface area contributed by atoms with Gasteiger partial charge in [0.2, 0.25) is 23.6 Å². The van der Waals surface area contributed by atoms with Crippen LogP contribution in [0.15, 0.2) is 35.3 Å². The molecule has 3 aliphatic heterocycles. The molecule has 54 heavy (non-hydrogen) atoms. The van der Waals surface area contributed by atoms with Gasteiger partial charge in [-0.3, -0.25) is 29.0 Å². The number of rotatable bonds is 23.